The summed E-state index contributed by atoms with van der Waals surface area (Å²) in [5.74, 6) is 0. The summed E-state index contributed by atoms with van der Waals surface area (Å²) in [6.07, 6.45) is 7.47. The second-order valence-corrected chi connectivity index (χ2v) is 2.63. The van der Waals surface area contributed by atoms with Crippen molar-refractivity contribution in [2.75, 3.05) is 6.61 Å². The van der Waals surface area contributed by atoms with Gasteiger partial charge in [0, 0.05) is 0 Å². The van der Waals surface area contributed by atoms with E-state index < -0.39 is 7.82 Å². The molecule has 5 nitrogen and oxygen atoms in total. The molecular weight excluding hydrogens is 194 g/mol. The molecule has 66 valence electrons. The van der Waals surface area contributed by atoms with Crippen LogP contribution in [0.15, 0.2) is 24.5 Å². The van der Waals surface area contributed by atoms with Gasteiger partial charge < -0.3 is 20.8 Å². The van der Waals surface area contributed by atoms with E-state index in [2.05, 4.69) is 0 Å². The molecule has 0 saturated heterocycles. The molecule has 0 aromatic carbocycles. The molecule has 0 amide bonds. The first-order valence-corrected chi connectivity index (χ1v) is 4.28. The van der Waals surface area contributed by atoms with Crippen LogP contribution in [0.4, 0.5) is 0 Å². The third-order valence-corrected chi connectivity index (χ3v) is 0.614. The van der Waals surface area contributed by atoms with Gasteiger partial charge in [-0.1, -0.05) is 6.08 Å². The van der Waals surface area contributed by atoms with Crippen molar-refractivity contribution in [3.63, 3.8) is 0 Å². The van der Waals surface area contributed by atoms with Gasteiger partial charge in [0.25, 0.3) is 0 Å². The van der Waals surface area contributed by atoms with Crippen LogP contribution in [0, 0.1) is 0 Å². The number of allylic oxidation sites excluding steroid dienone is 2. The molecule has 0 atom stereocenters. The quantitative estimate of drug-likeness (QED) is 0.294. The van der Waals surface area contributed by atoms with E-state index in [1.54, 1.807) is 6.26 Å². The molecule has 1 aliphatic heterocycles. The molecule has 7 heteroatoms. The van der Waals surface area contributed by atoms with Crippen molar-refractivity contribution < 1.29 is 55.0 Å². The van der Waals surface area contributed by atoms with E-state index >= 15 is 0 Å². The van der Waals surface area contributed by atoms with Gasteiger partial charge in [-0.15, -0.1) is 0 Å². The molecule has 1 heterocycles. The average molecular weight is 204 g/mol. The molecule has 0 aliphatic carbocycles. The van der Waals surface area contributed by atoms with Gasteiger partial charge in [-0.2, -0.15) is 0 Å². The molecule has 1 aliphatic rings. The second kappa shape index (κ2) is 8.01. The summed E-state index contributed by atoms with van der Waals surface area (Å²) in [6, 6.07) is 0. The SMILES string of the molecule is C1=CCOC=C1.O=P(O)(O)O.[H-].[Na+]. The van der Waals surface area contributed by atoms with Crippen molar-refractivity contribution in [2.45, 2.75) is 0 Å². The summed E-state index contributed by atoms with van der Waals surface area (Å²) in [5, 5.41) is 0. The van der Waals surface area contributed by atoms with Crippen molar-refractivity contribution in [3.8, 4) is 0 Å². The average Bonchev–Trinajstić information content (AvgIpc) is 1.88. The van der Waals surface area contributed by atoms with Crippen molar-refractivity contribution in [1.29, 1.82) is 0 Å². The number of phosphoric acid groups is 1. The van der Waals surface area contributed by atoms with Crippen molar-refractivity contribution in [1.82, 2.24) is 0 Å². The first kappa shape index (κ1) is 14.9. The monoisotopic (exact) mass is 204 g/mol. The Morgan fingerprint density at radius 3 is 1.92 bits per heavy atom. The number of hydrogen-bond donors (Lipinski definition) is 3. The molecule has 0 saturated carbocycles. The summed E-state index contributed by atoms with van der Waals surface area (Å²) < 4.78 is 13.7. The van der Waals surface area contributed by atoms with Crippen molar-refractivity contribution in [3.05, 3.63) is 24.5 Å². The molecule has 3 N–H and O–H groups in total. The van der Waals surface area contributed by atoms with Gasteiger partial charge in [-0.3, -0.25) is 0 Å². The van der Waals surface area contributed by atoms with E-state index in [1.807, 2.05) is 18.2 Å². The van der Waals surface area contributed by atoms with Gasteiger partial charge in [-0.05, 0) is 12.2 Å². The third-order valence-electron chi connectivity index (χ3n) is 0.614. The summed E-state index contributed by atoms with van der Waals surface area (Å²) in [6.45, 7) is 0.733. The fourth-order valence-electron chi connectivity index (χ4n) is 0.346. The van der Waals surface area contributed by atoms with Gasteiger partial charge in [-0.25, -0.2) is 4.57 Å². The third kappa shape index (κ3) is 22.4. The van der Waals surface area contributed by atoms with E-state index in [1.165, 1.54) is 0 Å². The van der Waals surface area contributed by atoms with Crippen LogP contribution in [0.25, 0.3) is 0 Å². The smallest absolute Gasteiger partial charge is 1.00 e. The molecule has 0 bridgehead atoms. The number of hydrogen-bond acceptors (Lipinski definition) is 2. The molecule has 1 rings (SSSR count). The minimum absolute atomic E-state index is 0. The Balaban J connectivity index is -0.000000136. The Kier molecular flexibility index (Phi) is 9.94. The predicted molar refractivity (Wildman–Crippen MR) is 39.6 cm³/mol. The maximum Gasteiger partial charge on any atom is 1.00 e. The largest absolute Gasteiger partial charge is 1.00 e. The van der Waals surface area contributed by atoms with Crippen LogP contribution >= 0.6 is 7.82 Å². The van der Waals surface area contributed by atoms with Crippen molar-refractivity contribution in [2.24, 2.45) is 0 Å². The predicted octanol–water partition coefficient (Wildman–Crippen LogP) is -2.73. The first-order chi connectivity index (χ1) is 5.00. The molecule has 0 aromatic heterocycles. The van der Waals surface area contributed by atoms with Gasteiger partial charge in [0.15, 0.2) is 0 Å². The zero-order valence-corrected chi connectivity index (χ0v) is 9.52. The minimum atomic E-state index is -4.64. The molecule has 0 fully saturated rings. The summed E-state index contributed by atoms with van der Waals surface area (Å²) in [7, 11) is -4.64. The molecular formula is C5H10NaO5P. The van der Waals surface area contributed by atoms with E-state index in [-0.39, 0.29) is 31.0 Å². The fourth-order valence-corrected chi connectivity index (χ4v) is 0.346. The first-order valence-electron chi connectivity index (χ1n) is 2.72. The fraction of sp³-hybridized carbons (Fsp3) is 0.200. The van der Waals surface area contributed by atoms with Gasteiger partial charge >= 0.3 is 37.4 Å². The van der Waals surface area contributed by atoms with Crippen LogP contribution in [0.5, 0.6) is 0 Å². The Hall–Kier alpha value is 0.390. The maximum atomic E-state index is 8.88. The van der Waals surface area contributed by atoms with E-state index in [4.69, 9.17) is 24.0 Å². The van der Waals surface area contributed by atoms with Gasteiger partial charge in [0.1, 0.15) is 6.61 Å². The topological polar surface area (TPSA) is 87.0 Å². The summed E-state index contributed by atoms with van der Waals surface area (Å²) in [5.41, 5.74) is 0. The standard InChI is InChI=1S/C5H6O.Na.H3O4P.H/c1-2-4-6-5-3-1;;1-5(2,3)4;/h1-4H,5H2;;(H3,1,2,3,4);/q;+1;;-1. The zero-order chi connectivity index (χ0) is 8.74. The van der Waals surface area contributed by atoms with Crippen LogP contribution in [-0.2, 0) is 9.30 Å². The Bertz CT molecular complexity index is 181. The van der Waals surface area contributed by atoms with Crippen molar-refractivity contribution >= 4 is 7.82 Å². The molecule has 0 unspecified atom stereocenters. The van der Waals surface area contributed by atoms with Crippen LogP contribution < -0.4 is 29.6 Å². The van der Waals surface area contributed by atoms with Gasteiger partial charge in [0.05, 0.1) is 6.26 Å². The minimum Gasteiger partial charge on any atom is -1.00 e. The molecule has 12 heavy (non-hydrogen) atoms. The summed E-state index contributed by atoms with van der Waals surface area (Å²) in [4.78, 5) is 21.6. The van der Waals surface area contributed by atoms with E-state index in [0.29, 0.717) is 0 Å². The molecule has 0 radical (unpaired) electrons. The van der Waals surface area contributed by atoms with Gasteiger partial charge in [0.2, 0.25) is 0 Å². The Morgan fingerprint density at radius 2 is 1.83 bits per heavy atom. The second-order valence-electron chi connectivity index (χ2n) is 1.60. The van der Waals surface area contributed by atoms with Crippen LogP contribution in [0.3, 0.4) is 0 Å². The molecule has 0 spiro atoms. The van der Waals surface area contributed by atoms with Crippen LogP contribution in [-0.4, -0.2) is 21.3 Å². The Morgan fingerprint density at radius 1 is 1.33 bits per heavy atom. The maximum absolute atomic E-state index is 8.88. The Labute approximate surface area is 93.8 Å². The van der Waals surface area contributed by atoms with Crippen LogP contribution in [0.2, 0.25) is 0 Å². The van der Waals surface area contributed by atoms with E-state index in [9.17, 15) is 0 Å². The van der Waals surface area contributed by atoms with Crippen LogP contribution in [0.1, 0.15) is 1.43 Å². The normalized spacial score (nSPS) is 13.6. The zero-order valence-electron chi connectivity index (χ0n) is 7.62. The van der Waals surface area contributed by atoms with E-state index in [0.717, 1.165) is 6.61 Å². The summed E-state index contributed by atoms with van der Waals surface area (Å²) >= 11 is 0. The number of ether oxygens (including phenoxy) is 1. The number of rotatable bonds is 0. The molecule has 0 aromatic rings.